The van der Waals surface area contributed by atoms with Crippen LogP contribution in [0.4, 0.5) is 0 Å². The molecule has 0 radical (unpaired) electrons. The Hall–Kier alpha value is -1.89. The molecule has 0 saturated heterocycles. The van der Waals surface area contributed by atoms with Crippen LogP contribution in [0.2, 0.25) is 0 Å². The smallest absolute Gasteiger partial charge is 0.359 e. The van der Waals surface area contributed by atoms with E-state index in [4.69, 9.17) is 15.3 Å². The van der Waals surface area contributed by atoms with E-state index in [1.165, 1.54) is 96.3 Å². The maximum absolute atomic E-state index is 11.2. The molecule has 3 N–H and O–H groups in total. The molecule has 0 rings (SSSR count). The highest BCUT2D eigenvalue weighted by Gasteiger charge is 2.35. The van der Waals surface area contributed by atoms with Crippen LogP contribution in [0.5, 0.6) is 0 Å². The Kier molecular flexibility index (Phi) is 22.3. The average Bonchev–Trinajstić information content (AvgIpc) is 2.78. The molecule has 0 bridgehead atoms. The van der Waals surface area contributed by atoms with Gasteiger partial charge in [0, 0.05) is 0 Å². The molecule has 0 aromatic heterocycles. The highest BCUT2D eigenvalue weighted by molar-refractivity contribution is 5.73. The van der Waals surface area contributed by atoms with Gasteiger partial charge in [-0.3, -0.25) is 4.48 Å². The minimum Gasteiger partial charge on any atom is -0.477 e. The minimum absolute atomic E-state index is 0.264. The Morgan fingerprint density at radius 1 is 0.500 bits per heavy atom. The third kappa shape index (κ3) is 22.6. The Labute approximate surface area is 219 Å². The van der Waals surface area contributed by atoms with Crippen LogP contribution in [0.1, 0.15) is 129 Å². The molecule has 0 fully saturated rings. The standard InChI is InChI=1S/C29H53NO6/c1-2-3-4-5-6-7-8-9-10-11-12-13-14-15-16-17-18-19-20-21-22-23-30(24-27(31)32,25-28(33)34)26-29(35)36/h8-9H,2-7,10-26H2,1H3,(H2-,31,32,33,34,35,36)/p+1/b9-8+. The molecule has 0 spiro atoms. The summed E-state index contributed by atoms with van der Waals surface area (Å²) in [6.07, 6.45) is 27.9. The van der Waals surface area contributed by atoms with Crippen LogP contribution in [-0.4, -0.2) is 63.9 Å². The second-order valence-corrected chi connectivity index (χ2v) is 10.4. The van der Waals surface area contributed by atoms with E-state index in [2.05, 4.69) is 19.1 Å². The van der Waals surface area contributed by atoms with E-state index in [1.807, 2.05) is 0 Å². The Bertz CT molecular complexity index is 564. The van der Waals surface area contributed by atoms with Crippen molar-refractivity contribution in [3.8, 4) is 0 Å². The summed E-state index contributed by atoms with van der Waals surface area (Å²) in [4.78, 5) is 33.6. The van der Waals surface area contributed by atoms with Gasteiger partial charge in [0.1, 0.15) is 0 Å². The summed E-state index contributed by atoms with van der Waals surface area (Å²) in [7, 11) is 0. The Morgan fingerprint density at radius 3 is 1.14 bits per heavy atom. The van der Waals surface area contributed by atoms with E-state index in [0.29, 0.717) is 6.42 Å². The van der Waals surface area contributed by atoms with Crippen molar-refractivity contribution in [1.82, 2.24) is 0 Å². The molecule has 7 heteroatoms. The molecule has 0 unspecified atom stereocenters. The van der Waals surface area contributed by atoms with Gasteiger partial charge in [-0.1, -0.05) is 103 Å². The lowest BCUT2D eigenvalue weighted by atomic mass is 10.0. The van der Waals surface area contributed by atoms with E-state index in [9.17, 15) is 14.4 Å². The summed E-state index contributed by atoms with van der Waals surface area (Å²) in [5.74, 6) is -3.51. The van der Waals surface area contributed by atoms with Gasteiger partial charge >= 0.3 is 17.9 Å². The van der Waals surface area contributed by atoms with E-state index in [1.54, 1.807) is 0 Å². The first kappa shape index (κ1) is 34.1. The van der Waals surface area contributed by atoms with Crippen molar-refractivity contribution in [1.29, 1.82) is 0 Å². The zero-order chi connectivity index (χ0) is 26.9. The quantitative estimate of drug-likeness (QED) is 0.0618. The van der Waals surface area contributed by atoms with Crippen LogP contribution in [0, 0.1) is 0 Å². The van der Waals surface area contributed by atoms with Crippen molar-refractivity contribution in [3.63, 3.8) is 0 Å². The molecule has 0 atom stereocenters. The third-order valence-corrected chi connectivity index (χ3v) is 6.81. The molecule has 0 saturated carbocycles. The number of hydrogen-bond donors (Lipinski definition) is 3. The second-order valence-electron chi connectivity index (χ2n) is 10.4. The number of unbranched alkanes of at least 4 members (excludes halogenated alkanes) is 17. The van der Waals surface area contributed by atoms with Crippen LogP contribution in [0.25, 0.3) is 0 Å². The first-order valence-corrected chi connectivity index (χ1v) is 14.5. The van der Waals surface area contributed by atoms with Gasteiger partial charge in [-0.15, -0.1) is 0 Å². The van der Waals surface area contributed by atoms with Gasteiger partial charge in [-0.05, 0) is 38.5 Å². The molecule has 210 valence electrons. The molecule has 0 aromatic carbocycles. The van der Waals surface area contributed by atoms with Crippen molar-refractivity contribution in [3.05, 3.63) is 12.2 Å². The normalized spacial score (nSPS) is 11.8. The molecule has 0 aliphatic heterocycles. The average molecular weight is 513 g/mol. The fourth-order valence-electron chi connectivity index (χ4n) is 4.84. The number of allylic oxidation sites excluding steroid dienone is 2. The number of rotatable bonds is 27. The van der Waals surface area contributed by atoms with Gasteiger partial charge in [0.15, 0.2) is 19.6 Å². The molecule has 0 amide bonds. The Balaban J connectivity index is 3.68. The molecule has 36 heavy (non-hydrogen) atoms. The summed E-state index contributed by atoms with van der Waals surface area (Å²) in [6, 6.07) is 0. The van der Waals surface area contributed by atoms with Gasteiger partial charge in [0.25, 0.3) is 0 Å². The maximum Gasteiger partial charge on any atom is 0.359 e. The minimum atomic E-state index is -1.17. The fourth-order valence-corrected chi connectivity index (χ4v) is 4.84. The third-order valence-electron chi connectivity index (χ3n) is 6.81. The predicted molar refractivity (Wildman–Crippen MR) is 145 cm³/mol. The number of carboxylic acids is 3. The summed E-state index contributed by atoms with van der Waals surface area (Å²) < 4.78 is -0.435. The van der Waals surface area contributed by atoms with Crippen LogP contribution in [0.3, 0.4) is 0 Å². The van der Waals surface area contributed by atoms with E-state index in [-0.39, 0.29) is 6.54 Å². The van der Waals surface area contributed by atoms with Gasteiger partial charge in [-0.2, -0.15) is 0 Å². The number of aliphatic carboxylic acids is 3. The number of hydrogen-bond acceptors (Lipinski definition) is 3. The van der Waals surface area contributed by atoms with Gasteiger partial charge < -0.3 is 15.3 Å². The number of carbonyl (C=O) groups is 3. The molecule has 0 aliphatic rings. The lowest BCUT2D eigenvalue weighted by Crippen LogP contribution is -2.57. The topological polar surface area (TPSA) is 112 Å². The lowest BCUT2D eigenvalue weighted by molar-refractivity contribution is -0.907. The molecule has 7 nitrogen and oxygen atoms in total. The van der Waals surface area contributed by atoms with Gasteiger partial charge in [-0.25, -0.2) is 14.4 Å². The number of quaternary nitrogens is 1. The van der Waals surface area contributed by atoms with Crippen molar-refractivity contribution in [2.75, 3.05) is 26.2 Å². The molecular formula is C29H54NO6+. The first-order chi connectivity index (χ1) is 17.3. The highest BCUT2D eigenvalue weighted by Crippen LogP contribution is 2.15. The summed E-state index contributed by atoms with van der Waals surface area (Å²) in [5.41, 5.74) is 0. The summed E-state index contributed by atoms with van der Waals surface area (Å²) in [6.45, 7) is 1.09. The van der Waals surface area contributed by atoms with Gasteiger partial charge in [0.05, 0.1) is 6.54 Å². The van der Waals surface area contributed by atoms with Gasteiger partial charge in [0.2, 0.25) is 0 Å². The number of carboxylic acid groups (broad SMARTS) is 3. The fraction of sp³-hybridized carbons (Fsp3) is 0.828. The summed E-state index contributed by atoms with van der Waals surface area (Å²) in [5, 5.41) is 27.4. The molecule has 0 heterocycles. The summed E-state index contributed by atoms with van der Waals surface area (Å²) >= 11 is 0. The van der Waals surface area contributed by atoms with Crippen molar-refractivity contribution in [2.45, 2.75) is 129 Å². The van der Waals surface area contributed by atoms with Crippen LogP contribution in [0.15, 0.2) is 12.2 Å². The van der Waals surface area contributed by atoms with E-state index >= 15 is 0 Å². The highest BCUT2D eigenvalue weighted by atomic mass is 16.4. The van der Waals surface area contributed by atoms with Crippen molar-refractivity contribution < 1.29 is 34.2 Å². The molecular weight excluding hydrogens is 458 g/mol. The lowest BCUT2D eigenvalue weighted by Gasteiger charge is -2.34. The Morgan fingerprint density at radius 2 is 0.806 bits per heavy atom. The zero-order valence-corrected chi connectivity index (χ0v) is 22.9. The van der Waals surface area contributed by atoms with Crippen LogP contribution >= 0.6 is 0 Å². The maximum atomic E-state index is 11.2. The SMILES string of the molecule is CCCCCCC/C=C/CCCCCCCCCCCCCC[N+](CC(=O)O)(CC(=O)O)CC(=O)O. The number of nitrogens with zero attached hydrogens (tertiary/aromatic N) is 1. The molecule has 0 aromatic rings. The van der Waals surface area contributed by atoms with E-state index < -0.39 is 42.0 Å². The zero-order valence-electron chi connectivity index (χ0n) is 22.9. The van der Waals surface area contributed by atoms with Crippen LogP contribution < -0.4 is 0 Å². The monoisotopic (exact) mass is 512 g/mol. The van der Waals surface area contributed by atoms with Crippen molar-refractivity contribution in [2.24, 2.45) is 0 Å². The largest absolute Gasteiger partial charge is 0.477 e. The first-order valence-electron chi connectivity index (χ1n) is 14.5. The second kappa shape index (κ2) is 23.5. The molecule has 0 aliphatic carbocycles. The van der Waals surface area contributed by atoms with E-state index in [0.717, 1.165) is 19.3 Å². The van der Waals surface area contributed by atoms with Crippen LogP contribution in [-0.2, 0) is 14.4 Å². The predicted octanol–water partition coefficient (Wildman–Crippen LogP) is 7.05. The van der Waals surface area contributed by atoms with Crippen molar-refractivity contribution >= 4 is 17.9 Å².